The molecule has 36 heteroatoms. The molecule has 17 aromatic rings. The summed E-state index contributed by atoms with van der Waals surface area (Å²) in [5, 5.41) is 47.0. The Bertz CT molecular complexity index is 7330. The number of hydrogen-bond donors (Lipinski definition) is 2. The van der Waals surface area contributed by atoms with E-state index in [9.17, 15) is 19.9 Å². The second-order valence-electron chi connectivity index (χ2n) is 35.1. The zero-order valence-corrected chi connectivity index (χ0v) is 82.0. The summed E-state index contributed by atoms with van der Waals surface area (Å²) in [6, 6.07) is 57.7. The average Bonchev–Trinajstić information content (AvgIpc) is 1.61. The molecule has 0 aliphatic carbocycles. The van der Waals surface area contributed by atoms with Crippen LogP contribution >= 0.6 is 0 Å². The van der Waals surface area contributed by atoms with Gasteiger partial charge in [-0.2, -0.15) is 25.7 Å². The summed E-state index contributed by atoms with van der Waals surface area (Å²) in [5.41, 5.74) is 20.5. The Morgan fingerprint density at radius 1 is 0.431 bits per heavy atom. The molecule has 2 N–H and O–H groups in total. The van der Waals surface area contributed by atoms with Gasteiger partial charge >= 0.3 is 0 Å². The van der Waals surface area contributed by atoms with E-state index in [1.165, 1.54) is 17.7 Å². The van der Waals surface area contributed by atoms with Crippen LogP contribution in [-0.2, 0) is 44.2 Å². The Hall–Kier alpha value is -15.9. The number of nitrogens with zero attached hydrogens (tertiary/aromatic N) is 24. The number of β-amino-alcohol motifs (C(OH)–C–C–N with tert-alkyl or cyclic N) is 1. The lowest BCUT2D eigenvalue weighted by atomic mass is 10.1. The Kier molecular flexibility index (Phi) is 31.3. The zero-order valence-electron chi connectivity index (χ0n) is 85.0. The van der Waals surface area contributed by atoms with Crippen LogP contribution in [0, 0.1) is 23.1 Å². The number of aliphatic hydroxyl groups excluding tert-OH is 2. The van der Waals surface area contributed by atoms with E-state index in [1.807, 2.05) is 143 Å². The number of aromatic nitrogens is 16. The number of hydrogen-bond acceptors (Lipinski definition) is 31. The van der Waals surface area contributed by atoms with E-state index in [4.69, 9.17) is 61.7 Å². The van der Waals surface area contributed by atoms with E-state index >= 15 is 0 Å². The van der Waals surface area contributed by atoms with Gasteiger partial charge in [-0.3, -0.25) is 53.4 Å². The summed E-state index contributed by atoms with van der Waals surface area (Å²) in [6.45, 7) is 11.6. The van der Waals surface area contributed by atoms with Crippen molar-refractivity contribution in [1.82, 2.24) is 93.7 Å². The minimum absolute atomic E-state index is 0.00633. The van der Waals surface area contributed by atoms with Crippen LogP contribution in [0.3, 0.4) is 0 Å². The Balaban J connectivity index is 0.000000134. The maximum absolute atomic E-state index is 14.2. The fourth-order valence-electron chi connectivity index (χ4n) is 17.7. The van der Waals surface area contributed by atoms with Crippen LogP contribution in [-0.4, -0.2) is 271 Å². The van der Waals surface area contributed by atoms with Gasteiger partial charge < -0.3 is 72.4 Å². The number of fused-ring (bicyclic) bond motifs is 4. The lowest BCUT2D eigenvalue weighted by molar-refractivity contribution is -0.0259. The molecule has 1 unspecified atom stereocenters. The first kappa shape index (κ1) is 95.7. The molecule has 3 atom stereocenters. The third-order valence-electron chi connectivity index (χ3n) is 25.0. The van der Waals surface area contributed by atoms with Crippen molar-refractivity contribution in [3.8, 4) is 91.3 Å². The highest BCUT2D eigenvalue weighted by Gasteiger charge is 2.30. The van der Waals surface area contributed by atoms with Crippen molar-refractivity contribution < 1.29 is 61.3 Å². The van der Waals surface area contributed by atoms with Crippen LogP contribution in [0.15, 0.2) is 250 Å². The summed E-state index contributed by atoms with van der Waals surface area (Å²) < 4.78 is 93.0. The molecule has 3 saturated heterocycles. The van der Waals surface area contributed by atoms with Crippen LogP contribution in [0.25, 0.3) is 89.2 Å². The second kappa shape index (κ2) is 47.1. The topological polar surface area (TPSA) is 344 Å². The molecule has 0 saturated carbocycles. The van der Waals surface area contributed by atoms with Crippen molar-refractivity contribution in [3.05, 3.63) is 262 Å². The number of nitriles is 1. The summed E-state index contributed by atoms with van der Waals surface area (Å²) >= 11 is 0. The molecule has 9 aromatic carbocycles. The fraction of sp³-hybridized carbons (Fsp3) is 0.306. The Labute approximate surface area is 838 Å². The molecule has 0 amide bonds. The third kappa shape index (κ3) is 25.2. The number of likely N-dealkylation sites (tertiary alicyclic amines) is 1. The quantitative estimate of drug-likeness (QED) is 0.0386. The van der Waals surface area contributed by atoms with Crippen LogP contribution in [0.2, 0.25) is 0 Å². The van der Waals surface area contributed by atoms with Crippen molar-refractivity contribution in [3.63, 3.8) is 0 Å². The minimum atomic E-state index is -2.71. The number of halogens is 1. The molecule has 3 aliphatic rings. The maximum atomic E-state index is 14.2. The molecule has 11 heterocycles. The lowest BCUT2D eigenvalue weighted by Crippen LogP contribution is -2.46. The molecule has 0 bridgehead atoms. The van der Waals surface area contributed by atoms with Crippen molar-refractivity contribution >= 4 is 89.6 Å². The SMILES string of the molecule is COc1cc(OC)cc(N(CC2CN(Cc3ccccc3)CCO2)c2ccc3ncc(-c4cnn(C)c4)nc3c2)c1.COc1cc(OC)cc(N(CCCN2CCOCC2)c2ccc3ncc(-c4cnn(C)c4)nc3c2)c1.COc1cc(OC)cc(N(C[C@@H](O)CN2CC[C@H](C#N)C2)c2ccc3ncc(-c4cnn(C)c4)nc3c2)c1.[2H]C([2H])([2H])Oc1cc(F)cc(N(CCO)c2ccc3ncc(-c4cnn(C)c4)nc3c2)c1. The molecule has 20 rings (SSSR count). The summed E-state index contributed by atoms with van der Waals surface area (Å²) in [4.78, 5) is 53.0. The first-order valence-electron chi connectivity index (χ1n) is 48.8. The van der Waals surface area contributed by atoms with E-state index in [1.54, 1.807) is 134 Å². The molecular formula is C108H117FN24O11. The molecule has 8 aromatic heterocycles. The predicted molar refractivity (Wildman–Crippen MR) is 553 cm³/mol. The largest absolute Gasteiger partial charge is 0.497 e. The third-order valence-corrected chi connectivity index (χ3v) is 25.0. The van der Waals surface area contributed by atoms with Crippen molar-refractivity contribution in [2.24, 2.45) is 34.1 Å². The van der Waals surface area contributed by atoms with Gasteiger partial charge in [0.25, 0.3) is 0 Å². The number of aryl methyl sites for hydroxylation is 4. The molecule has 3 fully saturated rings. The standard InChI is InChI=1S/C32H34N6O3.C28H31N7O3.C27H32N6O3.C21H20FN5O2/c1-36-20-24(17-34-36)32-18-33-30-10-9-25(15-31(30)35-32)38(26-13-27(39-2)16-28(14-26)40-3)22-29-21-37(11-12-41-29)19-23-7-5-4-6-8-23;1-33-16-20(13-31-33)28-14-30-26-5-4-21(10-27(26)32-28)35(22-8-24(37-2)11-25(9-22)38-3)18-23(36)17-34-7-6-19(12-29)15-34;1-31-19-20(17-29-31)27-18-28-25-6-5-21(15-26(25)30-27)33(8-4-7-32-9-11-36-12-10-32)22-13-23(34-2)16-24(14-22)35-3;1-26-13-14(11-24-26)21-12-23-19-4-3-16(10-20(19)25-21)27(5-6-28)17-7-15(22)8-18(9-17)29-2/h4-10,13-18,20,29H,11-12,19,21-22H2,1-3H3;4-5,8-11,13-14,16,19,23,36H,6-7,15,17-18H2,1-3H3;5-6,13-19H,4,7-12H2,1-3H3;3-4,7-13,28H,5-6H2,1-2H3/t;19-,23+;;/m.1../s1/i;;;2D3. The lowest BCUT2D eigenvalue weighted by Gasteiger charge is -2.36. The summed E-state index contributed by atoms with van der Waals surface area (Å²) in [5.74, 6) is 3.46. The van der Waals surface area contributed by atoms with E-state index in [-0.39, 0.29) is 30.9 Å². The first-order valence-corrected chi connectivity index (χ1v) is 47.3. The van der Waals surface area contributed by atoms with Gasteiger partial charge in [-0.1, -0.05) is 30.3 Å². The second-order valence-corrected chi connectivity index (χ2v) is 35.1. The van der Waals surface area contributed by atoms with E-state index in [0.717, 1.165) is 214 Å². The molecule has 0 spiro atoms. The smallest absolute Gasteiger partial charge is 0.128 e. The fourth-order valence-corrected chi connectivity index (χ4v) is 17.7. The molecular weight excluding hydrogens is 1830 g/mol. The highest BCUT2D eigenvalue weighted by Crippen LogP contribution is 2.41. The number of rotatable bonds is 33. The van der Waals surface area contributed by atoms with E-state index < -0.39 is 19.0 Å². The van der Waals surface area contributed by atoms with Gasteiger partial charge in [0, 0.05) is 253 Å². The minimum Gasteiger partial charge on any atom is -0.497 e. The summed E-state index contributed by atoms with van der Waals surface area (Å²) in [7, 11) is 14.7. The zero-order chi connectivity index (χ0) is 103. The predicted octanol–water partition coefficient (Wildman–Crippen LogP) is 15.7. The molecule has 3 aliphatic heterocycles. The van der Waals surface area contributed by atoms with Gasteiger partial charge in [0.05, 0.1) is 234 Å². The highest BCUT2D eigenvalue weighted by molar-refractivity contribution is 5.87. The van der Waals surface area contributed by atoms with E-state index in [0.29, 0.717) is 72.4 Å². The first-order chi connectivity index (χ1) is 71.4. The van der Waals surface area contributed by atoms with E-state index in [2.05, 4.69) is 130 Å². The molecule has 742 valence electrons. The van der Waals surface area contributed by atoms with Crippen LogP contribution in [0.1, 0.15) is 22.5 Å². The van der Waals surface area contributed by atoms with Crippen molar-refractivity contribution in [1.29, 1.82) is 5.26 Å². The van der Waals surface area contributed by atoms with Crippen molar-refractivity contribution in [2.75, 3.05) is 174 Å². The maximum Gasteiger partial charge on any atom is 0.128 e. The number of aliphatic hydroxyl groups is 2. The van der Waals surface area contributed by atoms with Crippen LogP contribution in [0.4, 0.5) is 49.9 Å². The van der Waals surface area contributed by atoms with Gasteiger partial charge in [-0.05, 0) is 104 Å². The highest BCUT2D eigenvalue weighted by atomic mass is 19.1. The molecule has 35 nitrogen and oxygen atoms in total. The van der Waals surface area contributed by atoms with Gasteiger partial charge in [0.15, 0.2) is 0 Å². The number of anilines is 8. The number of benzene rings is 9. The molecule has 144 heavy (non-hydrogen) atoms. The van der Waals surface area contributed by atoms with Crippen LogP contribution in [0.5, 0.6) is 40.2 Å². The normalized spacial score (nSPS) is 14.9. The number of morpholine rings is 2. The average molecular weight is 1950 g/mol. The van der Waals surface area contributed by atoms with Gasteiger partial charge in [-0.15, -0.1) is 0 Å². The van der Waals surface area contributed by atoms with Gasteiger partial charge in [0.2, 0.25) is 0 Å². The monoisotopic (exact) mass is 1950 g/mol. The Morgan fingerprint density at radius 2 is 0.826 bits per heavy atom. The number of ether oxygens (including phenoxy) is 9. The molecule has 0 radical (unpaired) electrons. The van der Waals surface area contributed by atoms with Gasteiger partial charge in [0.1, 0.15) is 46.1 Å². The Morgan fingerprint density at radius 3 is 1.23 bits per heavy atom. The van der Waals surface area contributed by atoms with Crippen molar-refractivity contribution in [2.45, 2.75) is 31.6 Å². The van der Waals surface area contributed by atoms with Gasteiger partial charge in [-0.25, -0.2) is 24.3 Å². The number of methoxy groups -OCH3 is 7. The van der Waals surface area contributed by atoms with Crippen LogP contribution < -0.4 is 52.8 Å². The summed E-state index contributed by atoms with van der Waals surface area (Å²) in [6.07, 6.45) is 22.9.